The lowest BCUT2D eigenvalue weighted by atomic mass is 10.1. The predicted octanol–water partition coefficient (Wildman–Crippen LogP) is 2.99. The van der Waals surface area contributed by atoms with Crippen LogP contribution in [0.1, 0.15) is 48.0 Å². The fraction of sp³-hybridized carbons (Fsp3) is 0.310. The number of hydrogen-bond acceptors (Lipinski definition) is 9. The summed E-state index contributed by atoms with van der Waals surface area (Å²) in [6, 6.07) is 12.2. The number of hydrogen-bond donors (Lipinski definition) is 2. The molecule has 1 fully saturated rings. The minimum absolute atomic E-state index is 0.00786. The van der Waals surface area contributed by atoms with Gasteiger partial charge in [0.25, 0.3) is 5.56 Å². The SMILES string of the molecule is CC(=O)Nc1nc2c(c(=O)[nH]1)n(Cc1ccc(C(F)(F)F)cc1)c(=O)n2[C@@H]1O[C@H](COC(=O)c2ccccc2)C[C@H]1OC(C)=O. The molecule has 2 aromatic carbocycles. The highest BCUT2D eigenvalue weighted by Gasteiger charge is 2.42. The molecule has 3 atom stereocenters. The number of benzene rings is 2. The monoisotopic (exact) mass is 629 g/mol. The van der Waals surface area contributed by atoms with E-state index in [4.69, 9.17) is 14.2 Å². The number of ether oxygens (including phenoxy) is 3. The predicted molar refractivity (Wildman–Crippen MR) is 150 cm³/mol. The molecule has 0 aliphatic carbocycles. The van der Waals surface area contributed by atoms with Crippen molar-refractivity contribution in [1.29, 1.82) is 0 Å². The quantitative estimate of drug-likeness (QED) is 0.279. The summed E-state index contributed by atoms with van der Waals surface area (Å²) in [4.78, 5) is 70.0. The van der Waals surface area contributed by atoms with Gasteiger partial charge in [-0.15, -0.1) is 0 Å². The molecule has 2 N–H and O–H groups in total. The number of carbonyl (C=O) groups is 3. The van der Waals surface area contributed by atoms with Crippen molar-refractivity contribution in [2.75, 3.05) is 11.9 Å². The maximum atomic E-state index is 13.9. The second kappa shape index (κ2) is 12.4. The van der Waals surface area contributed by atoms with Crippen LogP contribution in [-0.2, 0) is 36.5 Å². The first kappa shape index (κ1) is 31.2. The Kier molecular flexibility index (Phi) is 8.59. The number of imidazole rings is 1. The zero-order valence-electron chi connectivity index (χ0n) is 23.8. The molecule has 0 unspecified atom stereocenters. The van der Waals surface area contributed by atoms with Crippen molar-refractivity contribution in [3.63, 3.8) is 0 Å². The minimum atomic E-state index is -4.58. The van der Waals surface area contributed by atoms with Crippen LogP contribution >= 0.6 is 0 Å². The number of rotatable bonds is 8. The van der Waals surface area contributed by atoms with E-state index in [9.17, 15) is 37.1 Å². The fourth-order valence-electron chi connectivity index (χ4n) is 4.96. The van der Waals surface area contributed by atoms with Crippen LogP contribution in [0.2, 0.25) is 0 Å². The second-order valence-corrected chi connectivity index (χ2v) is 10.2. The van der Waals surface area contributed by atoms with Gasteiger partial charge in [0.15, 0.2) is 17.4 Å². The van der Waals surface area contributed by atoms with Crippen LogP contribution in [0.4, 0.5) is 19.1 Å². The molecule has 0 spiro atoms. The highest BCUT2D eigenvalue weighted by atomic mass is 19.4. The number of fused-ring (bicyclic) bond motifs is 1. The topological polar surface area (TPSA) is 164 Å². The Hall–Kier alpha value is -5.25. The van der Waals surface area contributed by atoms with Gasteiger partial charge in [-0.3, -0.25) is 29.3 Å². The van der Waals surface area contributed by atoms with Gasteiger partial charge in [-0.05, 0) is 29.8 Å². The lowest BCUT2D eigenvalue weighted by Gasteiger charge is -2.19. The van der Waals surface area contributed by atoms with E-state index in [1.165, 1.54) is 6.92 Å². The van der Waals surface area contributed by atoms with Crippen molar-refractivity contribution >= 4 is 35.0 Å². The number of carbonyl (C=O) groups excluding carboxylic acids is 3. The molecule has 1 aliphatic heterocycles. The number of H-pyrrole nitrogens is 1. The molecule has 1 saturated heterocycles. The Bertz CT molecular complexity index is 1870. The maximum Gasteiger partial charge on any atom is 0.416 e. The molecule has 0 saturated carbocycles. The molecule has 45 heavy (non-hydrogen) atoms. The van der Waals surface area contributed by atoms with Crippen LogP contribution in [0, 0.1) is 0 Å². The third-order valence-electron chi connectivity index (χ3n) is 6.85. The number of esters is 2. The molecule has 2 aromatic heterocycles. The molecule has 13 nitrogen and oxygen atoms in total. The summed E-state index contributed by atoms with van der Waals surface area (Å²) < 4.78 is 58.1. The average molecular weight is 630 g/mol. The molecule has 4 aromatic rings. The summed E-state index contributed by atoms with van der Waals surface area (Å²) in [5, 5.41) is 2.33. The summed E-state index contributed by atoms with van der Waals surface area (Å²) in [5.41, 5.74) is -2.61. The first-order chi connectivity index (χ1) is 21.3. The normalized spacial score (nSPS) is 18.1. The molecular formula is C29H26F3N5O8. The van der Waals surface area contributed by atoms with E-state index in [1.807, 2.05) is 0 Å². The zero-order chi connectivity index (χ0) is 32.5. The Morgan fingerprint density at radius 2 is 1.76 bits per heavy atom. The van der Waals surface area contributed by atoms with E-state index in [1.54, 1.807) is 30.3 Å². The first-order valence-electron chi connectivity index (χ1n) is 13.6. The van der Waals surface area contributed by atoms with Gasteiger partial charge in [-0.2, -0.15) is 18.2 Å². The van der Waals surface area contributed by atoms with E-state index >= 15 is 0 Å². The largest absolute Gasteiger partial charge is 0.459 e. The van der Waals surface area contributed by atoms with Gasteiger partial charge in [-0.1, -0.05) is 30.3 Å². The van der Waals surface area contributed by atoms with Crippen molar-refractivity contribution in [3.8, 4) is 0 Å². The van der Waals surface area contributed by atoms with Crippen LogP contribution in [-0.4, -0.2) is 55.8 Å². The van der Waals surface area contributed by atoms with Crippen molar-refractivity contribution < 1.29 is 41.8 Å². The van der Waals surface area contributed by atoms with Gasteiger partial charge in [0.05, 0.1) is 23.8 Å². The Morgan fingerprint density at radius 1 is 1.07 bits per heavy atom. The number of amides is 1. The standard InChI is InChI=1S/C29H26F3N5O8/c1-15(38)33-27-34-23-22(24(40)35-27)36(13-17-8-10-19(11-9-17)29(30,31)32)28(42)37(23)25-21(44-16(2)39)12-20(45-25)14-43-26(41)18-6-4-3-5-7-18/h3-11,20-21,25H,12-14H2,1-2H3,(H2,33,34,35,38,40)/t20-,21+,25+/m0/s1. The summed E-state index contributed by atoms with van der Waals surface area (Å²) in [5.74, 6) is -2.21. The van der Waals surface area contributed by atoms with Crippen LogP contribution < -0.4 is 16.6 Å². The number of aromatic amines is 1. The molecule has 1 aliphatic rings. The van der Waals surface area contributed by atoms with E-state index in [0.29, 0.717) is 5.56 Å². The lowest BCUT2D eigenvalue weighted by Crippen LogP contribution is -2.34. The smallest absolute Gasteiger partial charge is 0.416 e. The molecule has 16 heteroatoms. The summed E-state index contributed by atoms with van der Waals surface area (Å²) in [6.45, 7) is 1.71. The van der Waals surface area contributed by atoms with Gasteiger partial charge in [0.1, 0.15) is 12.7 Å². The number of nitrogens with zero attached hydrogens (tertiary/aromatic N) is 3. The maximum absolute atomic E-state index is 13.9. The van der Waals surface area contributed by atoms with Gasteiger partial charge < -0.3 is 14.2 Å². The molecule has 5 rings (SSSR count). The van der Waals surface area contributed by atoms with E-state index in [0.717, 1.165) is 40.3 Å². The fourth-order valence-corrected chi connectivity index (χ4v) is 4.96. The second-order valence-electron chi connectivity index (χ2n) is 10.2. The van der Waals surface area contributed by atoms with Crippen LogP contribution in [0.5, 0.6) is 0 Å². The van der Waals surface area contributed by atoms with E-state index in [-0.39, 0.29) is 42.2 Å². The molecule has 236 valence electrons. The van der Waals surface area contributed by atoms with Crippen LogP contribution in [0.25, 0.3) is 11.2 Å². The highest BCUT2D eigenvalue weighted by Crippen LogP contribution is 2.33. The molecule has 3 heterocycles. The van der Waals surface area contributed by atoms with E-state index < -0.39 is 59.3 Å². The van der Waals surface area contributed by atoms with Crippen LogP contribution in [0.3, 0.4) is 0 Å². The van der Waals surface area contributed by atoms with E-state index in [2.05, 4.69) is 15.3 Å². The molecule has 1 amide bonds. The zero-order valence-corrected chi connectivity index (χ0v) is 23.8. The number of anilines is 1. The van der Waals surface area contributed by atoms with Crippen LogP contribution in [0.15, 0.2) is 64.2 Å². The first-order valence-corrected chi connectivity index (χ1v) is 13.6. The lowest BCUT2D eigenvalue weighted by molar-refractivity contribution is -0.152. The van der Waals surface area contributed by atoms with Gasteiger partial charge >= 0.3 is 23.8 Å². The molecule has 0 radical (unpaired) electrons. The van der Waals surface area contributed by atoms with Crippen molar-refractivity contribution in [2.45, 2.75) is 51.4 Å². The molecule has 0 bridgehead atoms. The third kappa shape index (κ3) is 6.80. The Labute approximate surface area is 251 Å². The number of nitrogens with one attached hydrogen (secondary N) is 2. The number of halogens is 3. The highest BCUT2D eigenvalue weighted by molar-refractivity contribution is 5.89. The van der Waals surface area contributed by atoms with Gasteiger partial charge in [0, 0.05) is 20.3 Å². The average Bonchev–Trinajstić information content (AvgIpc) is 3.48. The number of alkyl halides is 3. The third-order valence-corrected chi connectivity index (χ3v) is 6.85. The Morgan fingerprint density at radius 3 is 2.38 bits per heavy atom. The minimum Gasteiger partial charge on any atom is -0.459 e. The summed E-state index contributed by atoms with van der Waals surface area (Å²) in [6.07, 6.45) is -7.91. The summed E-state index contributed by atoms with van der Waals surface area (Å²) >= 11 is 0. The van der Waals surface area contributed by atoms with Crippen molar-refractivity contribution in [1.82, 2.24) is 19.1 Å². The van der Waals surface area contributed by atoms with Crippen molar-refractivity contribution in [3.05, 3.63) is 92.1 Å². The Balaban J connectivity index is 1.55. The van der Waals surface area contributed by atoms with Gasteiger partial charge in [0.2, 0.25) is 11.9 Å². The number of aromatic nitrogens is 4. The van der Waals surface area contributed by atoms with Gasteiger partial charge in [-0.25, -0.2) is 14.2 Å². The summed E-state index contributed by atoms with van der Waals surface area (Å²) in [7, 11) is 0. The van der Waals surface area contributed by atoms with Crippen molar-refractivity contribution in [2.24, 2.45) is 0 Å². The molecular weight excluding hydrogens is 603 g/mol.